The smallest absolute Gasteiger partial charge is 0.102 e. The third kappa shape index (κ3) is 4.69. The molecule has 1 heterocycles. The van der Waals surface area contributed by atoms with Gasteiger partial charge in [0, 0.05) is 37.3 Å². The lowest BCUT2D eigenvalue weighted by Gasteiger charge is -2.27. The van der Waals surface area contributed by atoms with Crippen LogP contribution in [-0.2, 0) is 4.74 Å². The van der Waals surface area contributed by atoms with Gasteiger partial charge in [-0.1, -0.05) is 11.6 Å². The number of ether oxygens (including phenoxy) is 1. The number of nitrogens with zero attached hydrogens (tertiary/aromatic N) is 3. The number of hydrogen-bond acceptors (Lipinski definition) is 4. The molecule has 0 radical (unpaired) electrons. The van der Waals surface area contributed by atoms with E-state index in [1.54, 1.807) is 12.1 Å². The normalized spacial score (nSPS) is 17.0. The summed E-state index contributed by atoms with van der Waals surface area (Å²) in [4.78, 5) is 4.48. The average molecular weight is 300 g/mol. The Morgan fingerprint density at radius 3 is 2.84 bits per heavy atom. The van der Waals surface area contributed by atoms with Crippen LogP contribution in [0.5, 0.6) is 0 Å². The Morgan fingerprint density at radius 1 is 1.42 bits per heavy atom. The molecule has 19 heavy (non-hydrogen) atoms. The molecular weight excluding hydrogens is 282 g/mol. The number of halogens is 1. The third-order valence-corrected chi connectivity index (χ3v) is 3.92. The summed E-state index contributed by atoms with van der Waals surface area (Å²) in [5, 5.41) is 0.743. The van der Waals surface area contributed by atoms with Crippen LogP contribution in [0.25, 0.3) is 0 Å². The van der Waals surface area contributed by atoms with Gasteiger partial charge in [-0.25, -0.2) is 9.30 Å². The summed E-state index contributed by atoms with van der Waals surface area (Å²) in [6, 6.07) is 5.71. The van der Waals surface area contributed by atoms with Crippen molar-refractivity contribution in [1.29, 1.82) is 0 Å². The summed E-state index contributed by atoms with van der Waals surface area (Å²) in [7, 11) is 1.99. The molecule has 0 unspecified atom stereocenters. The minimum atomic E-state index is 0.743. The number of aliphatic imine (C=N–C) groups is 1. The van der Waals surface area contributed by atoms with Crippen molar-refractivity contribution in [3.05, 3.63) is 28.8 Å². The fraction of sp³-hybridized carbons (Fsp3) is 0.462. The van der Waals surface area contributed by atoms with Gasteiger partial charge in [0.15, 0.2) is 0 Å². The van der Waals surface area contributed by atoms with Gasteiger partial charge in [-0.15, -0.1) is 0 Å². The monoisotopic (exact) mass is 299 g/mol. The molecule has 4 nitrogen and oxygen atoms in total. The standard InChI is InChI=1S/C13H18ClN3OS/c1-11-9-12(14)3-4-13(11)15-10-16(2)19-17-5-7-18-8-6-17/h3-4,9-10H,5-8H2,1-2H3. The molecule has 0 amide bonds. The lowest BCUT2D eigenvalue weighted by molar-refractivity contribution is 0.0765. The lowest BCUT2D eigenvalue weighted by atomic mass is 10.2. The Bertz CT molecular complexity index is 450. The molecule has 1 saturated heterocycles. The molecule has 0 bridgehead atoms. The van der Waals surface area contributed by atoms with Crippen molar-refractivity contribution in [2.75, 3.05) is 33.4 Å². The van der Waals surface area contributed by atoms with Gasteiger partial charge in [0.05, 0.1) is 18.9 Å². The van der Waals surface area contributed by atoms with Crippen molar-refractivity contribution in [1.82, 2.24) is 8.61 Å². The molecule has 1 aromatic rings. The molecule has 0 atom stereocenters. The third-order valence-electron chi connectivity index (χ3n) is 2.73. The van der Waals surface area contributed by atoms with Crippen molar-refractivity contribution in [2.24, 2.45) is 4.99 Å². The first-order chi connectivity index (χ1) is 9.15. The van der Waals surface area contributed by atoms with Crippen molar-refractivity contribution >= 4 is 35.8 Å². The van der Waals surface area contributed by atoms with Crippen molar-refractivity contribution in [3.63, 3.8) is 0 Å². The van der Waals surface area contributed by atoms with E-state index in [4.69, 9.17) is 16.3 Å². The first-order valence-electron chi connectivity index (χ1n) is 6.19. The number of hydrogen-bond donors (Lipinski definition) is 0. The van der Waals surface area contributed by atoms with E-state index in [-0.39, 0.29) is 0 Å². The molecule has 0 saturated carbocycles. The molecule has 104 valence electrons. The van der Waals surface area contributed by atoms with Crippen molar-refractivity contribution in [3.8, 4) is 0 Å². The zero-order valence-corrected chi connectivity index (χ0v) is 12.7. The summed E-state index contributed by atoms with van der Waals surface area (Å²) in [5.41, 5.74) is 2.02. The second-order valence-corrected chi connectivity index (χ2v) is 6.04. The summed E-state index contributed by atoms with van der Waals surface area (Å²) in [5.74, 6) is 0. The Kier molecular flexibility index (Phi) is 5.51. The Labute approximate surface area is 123 Å². The topological polar surface area (TPSA) is 28.1 Å². The minimum absolute atomic E-state index is 0.743. The van der Waals surface area contributed by atoms with Gasteiger partial charge in [-0.05, 0) is 30.7 Å². The Hall–Kier alpha value is -0.750. The highest BCUT2D eigenvalue weighted by molar-refractivity contribution is 7.95. The minimum Gasteiger partial charge on any atom is -0.379 e. The van der Waals surface area contributed by atoms with Crippen LogP contribution >= 0.6 is 23.7 Å². The molecule has 1 fully saturated rings. The predicted octanol–water partition coefficient (Wildman–Crippen LogP) is 3.14. The molecular formula is C13H18ClN3OS. The number of morpholine rings is 1. The van der Waals surface area contributed by atoms with Gasteiger partial charge in [0.2, 0.25) is 0 Å². The maximum atomic E-state index is 5.92. The van der Waals surface area contributed by atoms with E-state index in [1.165, 1.54) is 0 Å². The highest BCUT2D eigenvalue weighted by Crippen LogP contribution is 2.22. The fourth-order valence-electron chi connectivity index (χ4n) is 1.74. The zero-order chi connectivity index (χ0) is 13.7. The van der Waals surface area contributed by atoms with Crippen LogP contribution in [0.2, 0.25) is 5.02 Å². The molecule has 1 aliphatic rings. The summed E-state index contributed by atoms with van der Waals surface area (Å²) < 4.78 is 9.59. The number of aryl methyl sites for hydroxylation is 1. The van der Waals surface area contributed by atoms with E-state index in [1.807, 2.05) is 42.8 Å². The number of benzene rings is 1. The largest absolute Gasteiger partial charge is 0.379 e. The summed E-state index contributed by atoms with van der Waals surface area (Å²) in [6.07, 6.45) is 1.83. The van der Waals surface area contributed by atoms with Gasteiger partial charge in [0.1, 0.15) is 6.34 Å². The molecule has 0 aliphatic carbocycles. The average Bonchev–Trinajstić information content (AvgIpc) is 2.39. The molecule has 0 aromatic heterocycles. The molecule has 1 aromatic carbocycles. The summed E-state index contributed by atoms with van der Waals surface area (Å²) in [6.45, 7) is 5.50. The molecule has 1 aliphatic heterocycles. The second-order valence-electron chi connectivity index (χ2n) is 4.34. The first kappa shape index (κ1) is 14.7. The molecule has 0 N–H and O–H groups in total. The van der Waals surface area contributed by atoms with Crippen LogP contribution in [0.3, 0.4) is 0 Å². The van der Waals surface area contributed by atoms with E-state index >= 15 is 0 Å². The molecule has 6 heteroatoms. The van der Waals surface area contributed by atoms with Crippen LogP contribution in [-0.4, -0.2) is 48.3 Å². The van der Waals surface area contributed by atoms with Crippen molar-refractivity contribution < 1.29 is 4.74 Å². The highest BCUT2D eigenvalue weighted by Gasteiger charge is 2.12. The van der Waals surface area contributed by atoms with E-state index < -0.39 is 0 Å². The second kappa shape index (κ2) is 7.14. The van der Waals surface area contributed by atoms with Crippen LogP contribution < -0.4 is 0 Å². The van der Waals surface area contributed by atoms with Crippen LogP contribution in [0.4, 0.5) is 5.69 Å². The summed E-state index contributed by atoms with van der Waals surface area (Å²) >= 11 is 7.58. The van der Waals surface area contributed by atoms with Gasteiger partial charge < -0.3 is 4.74 Å². The lowest BCUT2D eigenvalue weighted by Crippen LogP contribution is -2.33. The van der Waals surface area contributed by atoms with E-state index in [0.717, 1.165) is 42.6 Å². The number of rotatable bonds is 4. The van der Waals surface area contributed by atoms with E-state index in [2.05, 4.69) is 9.30 Å². The van der Waals surface area contributed by atoms with E-state index in [9.17, 15) is 0 Å². The quantitative estimate of drug-likeness (QED) is 0.485. The van der Waals surface area contributed by atoms with E-state index in [0.29, 0.717) is 0 Å². The van der Waals surface area contributed by atoms with Gasteiger partial charge >= 0.3 is 0 Å². The zero-order valence-electron chi connectivity index (χ0n) is 11.2. The van der Waals surface area contributed by atoms with Gasteiger partial charge in [-0.2, -0.15) is 0 Å². The Morgan fingerprint density at radius 2 is 2.16 bits per heavy atom. The maximum Gasteiger partial charge on any atom is 0.102 e. The molecule has 2 rings (SSSR count). The maximum absolute atomic E-state index is 5.92. The van der Waals surface area contributed by atoms with Crippen LogP contribution in [0, 0.1) is 6.92 Å². The highest BCUT2D eigenvalue weighted by atomic mass is 35.5. The van der Waals surface area contributed by atoms with Gasteiger partial charge in [-0.3, -0.25) is 4.31 Å². The van der Waals surface area contributed by atoms with Crippen molar-refractivity contribution in [2.45, 2.75) is 6.92 Å². The SMILES string of the molecule is Cc1cc(Cl)ccc1N=CN(C)SN1CCOCC1. The molecule has 0 spiro atoms. The fourth-order valence-corrected chi connectivity index (χ4v) is 2.73. The van der Waals surface area contributed by atoms with Gasteiger partial charge in [0.25, 0.3) is 0 Å². The first-order valence-corrected chi connectivity index (χ1v) is 7.30. The predicted molar refractivity (Wildman–Crippen MR) is 82.1 cm³/mol. The van der Waals surface area contributed by atoms with Crippen LogP contribution in [0.1, 0.15) is 5.56 Å². The van der Waals surface area contributed by atoms with Crippen LogP contribution in [0.15, 0.2) is 23.2 Å². The Balaban J connectivity index is 1.89.